The number of pyridine rings is 1. The quantitative estimate of drug-likeness (QED) is 0.557. The molecule has 1 aliphatic rings. The average molecular weight is 394 g/mol. The first-order valence-corrected chi connectivity index (χ1v) is 10.2. The van der Waals surface area contributed by atoms with E-state index in [1.54, 1.807) is 6.20 Å². The summed E-state index contributed by atoms with van der Waals surface area (Å²) in [6.07, 6.45) is 7.90. The maximum Gasteiger partial charge on any atom is 0.225 e. The highest BCUT2D eigenvalue weighted by molar-refractivity contribution is 6.33. The summed E-state index contributed by atoms with van der Waals surface area (Å²) in [6.45, 7) is 2.02. The lowest BCUT2D eigenvalue weighted by atomic mass is 9.96. The van der Waals surface area contributed by atoms with Crippen LogP contribution in [-0.2, 0) is 0 Å². The molecule has 5 nitrogen and oxygen atoms in total. The lowest BCUT2D eigenvalue weighted by Crippen LogP contribution is -2.23. The second kappa shape index (κ2) is 8.57. The maximum absolute atomic E-state index is 6.40. The van der Waals surface area contributed by atoms with Crippen molar-refractivity contribution in [2.45, 2.75) is 45.1 Å². The summed E-state index contributed by atoms with van der Waals surface area (Å²) < 4.78 is 0. The molecule has 0 radical (unpaired) electrons. The first kappa shape index (κ1) is 18.7. The van der Waals surface area contributed by atoms with Gasteiger partial charge in [-0.2, -0.15) is 4.98 Å². The Labute approximate surface area is 170 Å². The Hall–Kier alpha value is -2.66. The van der Waals surface area contributed by atoms with E-state index in [2.05, 4.69) is 15.6 Å². The van der Waals surface area contributed by atoms with Gasteiger partial charge in [-0.1, -0.05) is 43.0 Å². The van der Waals surface area contributed by atoms with Crippen LogP contribution >= 0.6 is 11.6 Å². The number of hydrogen-bond acceptors (Lipinski definition) is 5. The van der Waals surface area contributed by atoms with E-state index in [1.165, 1.54) is 19.3 Å². The number of rotatable bonds is 5. The molecular weight excluding hydrogens is 370 g/mol. The van der Waals surface area contributed by atoms with E-state index in [0.717, 1.165) is 35.5 Å². The van der Waals surface area contributed by atoms with E-state index in [0.29, 0.717) is 22.8 Å². The fraction of sp³-hybridized carbons (Fsp3) is 0.318. The highest BCUT2D eigenvalue weighted by Gasteiger charge is 2.16. The van der Waals surface area contributed by atoms with Crippen LogP contribution in [0, 0.1) is 6.92 Å². The summed E-state index contributed by atoms with van der Waals surface area (Å²) in [6, 6.07) is 14.1. The number of nitrogens with zero attached hydrogens (tertiary/aromatic N) is 3. The minimum Gasteiger partial charge on any atom is -0.351 e. The Bertz CT molecular complexity index is 939. The van der Waals surface area contributed by atoms with Crippen molar-refractivity contribution < 1.29 is 0 Å². The van der Waals surface area contributed by atoms with Crippen LogP contribution in [0.4, 0.5) is 17.5 Å². The van der Waals surface area contributed by atoms with Gasteiger partial charge in [0.25, 0.3) is 0 Å². The second-order valence-corrected chi connectivity index (χ2v) is 7.67. The third-order valence-corrected chi connectivity index (χ3v) is 5.29. The number of halogens is 1. The zero-order valence-corrected chi connectivity index (χ0v) is 16.7. The van der Waals surface area contributed by atoms with Crippen LogP contribution in [-0.4, -0.2) is 21.0 Å². The van der Waals surface area contributed by atoms with Crippen molar-refractivity contribution in [2.24, 2.45) is 0 Å². The topological polar surface area (TPSA) is 62.7 Å². The van der Waals surface area contributed by atoms with Gasteiger partial charge in [-0.05, 0) is 49.6 Å². The minimum absolute atomic E-state index is 0.420. The molecule has 0 amide bonds. The lowest BCUT2D eigenvalue weighted by Gasteiger charge is -2.23. The molecular formula is C22H24ClN5. The van der Waals surface area contributed by atoms with Crippen LogP contribution in [0.3, 0.4) is 0 Å². The average Bonchev–Trinajstić information content (AvgIpc) is 2.71. The molecule has 0 spiro atoms. The number of aryl methyl sites for hydroxylation is 1. The predicted molar refractivity (Wildman–Crippen MR) is 115 cm³/mol. The molecule has 28 heavy (non-hydrogen) atoms. The van der Waals surface area contributed by atoms with E-state index in [1.807, 2.05) is 49.4 Å². The molecule has 2 aromatic heterocycles. The van der Waals surface area contributed by atoms with Crippen LogP contribution in [0.5, 0.6) is 0 Å². The Morgan fingerprint density at radius 1 is 0.964 bits per heavy atom. The van der Waals surface area contributed by atoms with Crippen molar-refractivity contribution in [1.82, 2.24) is 15.0 Å². The first-order valence-electron chi connectivity index (χ1n) is 9.77. The molecule has 1 aromatic carbocycles. The van der Waals surface area contributed by atoms with Crippen LogP contribution in [0.15, 0.2) is 48.7 Å². The number of aromatic nitrogens is 3. The van der Waals surface area contributed by atoms with Crippen molar-refractivity contribution >= 4 is 29.1 Å². The Balaban J connectivity index is 1.66. The van der Waals surface area contributed by atoms with Crippen molar-refractivity contribution in [3.8, 4) is 11.4 Å². The summed E-state index contributed by atoms with van der Waals surface area (Å²) in [4.78, 5) is 13.9. The van der Waals surface area contributed by atoms with E-state index in [4.69, 9.17) is 21.6 Å². The van der Waals surface area contributed by atoms with Gasteiger partial charge in [-0.25, -0.2) is 4.98 Å². The molecule has 1 saturated carbocycles. The van der Waals surface area contributed by atoms with Crippen molar-refractivity contribution in [1.29, 1.82) is 0 Å². The highest BCUT2D eigenvalue weighted by atomic mass is 35.5. The van der Waals surface area contributed by atoms with Gasteiger partial charge in [0.2, 0.25) is 5.95 Å². The molecule has 4 rings (SSSR count). The largest absolute Gasteiger partial charge is 0.351 e. The molecule has 0 unspecified atom stereocenters. The van der Waals surface area contributed by atoms with Gasteiger partial charge < -0.3 is 10.6 Å². The molecule has 0 saturated heterocycles. The molecule has 6 heteroatoms. The summed E-state index contributed by atoms with van der Waals surface area (Å²) in [5, 5.41) is 7.52. The molecule has 144 valence electrons. The van der Waals surface area contributed by atoms with Gasteiger partial charge in [0.05, 0.1) is 22.1 Å². The standard InChI is InChI=1S/C22H24ClN5/c1-15-10-11-18(17(23)13-15)26-21-14-20(19-9-5-6-12-24-19)27-22(28-21)25-16-7-3-2-4-8-16/h5-6,9-14,16H,2-4,7-8H2,1H3,(H2,25,26,27,28). The molecule has 2 heterocycles. The molecule has 1 aliphatic carbocycles. The SMILES string of the molecule is Cc1ccc(Nc2cc(-c3ccccn3)nc(NC3CCCCC3)n2)c(Cl)c1. The van der Waals surface area contributed by atoms with Gasteiger partial charge in [0.15, 0.2) is 0 Å². The molecule has 2 N–H and O–H groups in total. The lowest BCUT2D eigenvalue weighted by molar-refractivity contribution is 0.461. The van der Waals surface area contributed by atoms with Crippen LogP contribution < -0.4 is 10.6 Å². The summed E-state index contributed by atoms with van der Waals surface area (Å²) in [5.41, 5.74) is 3.53. The third kappa shape index (κ3) is 4.60. The van der Waals surface area contributed by atoms with Crippen LogP contribution in [0.2, 0.25) is 5.02 Å². The fourth-order valence-electron chi connectivity index (χ4n) is 3.51. The highest BCUT2D eigenvalue weighted by Crippen LogP contribution is 2.28. The van der Waals surface area contributed by atoms with E-state index < -0.39 is 0 Å². The van der Waals surface area contributed by atoms with Crippen LogP contribution in [0.25, 0.3) is 11.4 Å². The number of hydrogen-bond donors (Lipinski definition) is 2. The minimum atomic E-state index is 0.420. The monoisotopic (exact) mass is 393 g/mol. The fourth-order valence-corrected chi connectivity index (χ4v) is 3.79. The number of anilines is 3. The Morgan fingerprint density at radius 3 is 2.57 bits per heavy atom. The molecule has 0 atom stereocenters. The first-order chi connectivity index (χ1) is 13.7. The van der Waals surface area contributed by atoms with Gasteiger partial charge in [0, 0.05) is 18.3 Å². The normalized spacial score (nSPS) is 14.6. The van der Waals surface area contributed by atoms with Gasteiger partial charge >= 0.3 is 0 Å². The summed E-state index contributed by atoms with van der Waals surface area (Å²) in [7, 11) is 0. The number of nitrogens with one attached hydrogen (secondary N) is 2. The Morgan fingerprint density at radius 2 is 1.82 bits per heavy atom. The molecule has 0 aliphatic heterocycles. The number of benzene rings is 1. The smallest absolute Gasteiger partial charge is 0.225 e. The van der Waals surface area contributed by atoms with Crippen LogP contribution in [0.1, 0.15) is 37.7 Å². The second-order valence-electron chi connectivity index (χ2n) is 7.26. The van der Waals surface area contributed by atoms with Gasteiger partial charge in [-0.15, -0.1) is 0 Å². The summed E-state index contributed by atoms with van der Waals surface area (Å²) in [5.74, 6) is 1.32. The van der Waals surface area contributed by atoms with Gasteiger partial charge in [-0.3, -0.25) is 4.98 Å². The van der Waals surface area contributed by atoms with E-state index >= 15 is 0 Å². The Kier molecular flexibility index (Phi) is 5.72. The predicted octanol–water partition coefficient (Wildman–Crippen LogP) is 5.99. The molecule has 1 fully saturated rings. The molecule has 0 bridgehead atoms. The maximum atomic E-state index is 6.40. The van der Waals surface area contributed by atoms with E-state index in [9.17, 15) is 0 Å². The van der Waals surface area contributed by atoms with Crippen molar-refractivity contribution in [3.05, 3.63) is 59.2 Å². The zero-order chi connectivity index (χ0) is 19.3. The van der Waals surface area contributed by atoms with Crippen molar-refractivity contribution in [3.63, 3.8) is 0 Å². The summed E-state index contributed by atoms with van der Waals surface area (Å²) >= 11 is 6.40. The third-order valence-electron chi connectivity index (χ3n) is 4.98. The molecule has 3 aromatic rings. The zero-order valence-electron chi connectivity index (χ0n) is 16.0. The van der Waals surface area contributed by atoms with Gasteiger partial charge in [0.1, 0.15) is 5.82 Å². The van der Waals surface area contributed by atoms with Crippen molar-refractivity contribution in [2.75, 3.05) is 10.6 Å². The van der Waals surface area contributed by atoms with E-state index in [-0.39, 0.29) is 0 Å².